The van der Waals surface area contributed by atoms with Crippen LogP contribution in [0.15, 0.2) is 24.3 Å². The standard InChI is InChI=1S/C11H16N.BrH.Mg/c1-3-12(4-2)10-11-8-6-5-7-9-11;;/h5-6,8-9H,3-4,10H2,1-2H3;1H;/q-1;;+2/p-1. The number of hydrogen-bond acceptors (Lipinski definition) is 1. The topological polar surface area (TPSA) is 3.24 Å². The average molecular weight is 266 g/mol. The van der Waals surface area contributed by atoms with Crippen molar-refractivity contribution in [3.8, 4) is 0 Å². The maximum Gasteiger partial charge on any atom is 2.00 e. The quantitative estimate of drug-likeness (QED) is 0.497. The van der Waals surface area contributed by atoms with Crippen molar-refractivity contribution in [1.82, 2.24) is 4.90 Å². The molecule has 0 spiro atoms. The van der Waals surface area contributed by atoms with Crippen LogP contribution in [-0.4, -0.2) is 41.0 Å². The van der Waals surface area contributed by atoms with Gasteiger partial charge >= 0.3 is 23.1 Å². The van der Waals surface area contributed by atoms with Gasteiger partial charge in [-0.15, -0.1) is 5.56 Å². The fourth-order valence-corrected chi connectivity index (χ4v) is 1.23. The van der Waals surface area contributed by atoms with Gasteiger partial charge in [0, 0.05) is 0 Å². The summed E-state index contributed by atoms with van der Waals surface area (Å²) in [5.41, 5.74) is 1.35. The smallest absolute Gasteiger partial charge is 1.00 e. The van der Waals surface area contributed by atoms with Crippen LogP contribution in [0, 0.1) is 6.07 Å². The molecule has 0 heterocycles. The molecule has 0 aromatic heterocycles. The molecule has 0 aliphatic heterocycles. The van der Waals surface area contributed by atoms with E-state index in [-0.39, 0.29) is 40.0 Å². The molecule has 0 N–H and O–H groups in total. The molecule has 0 radical (unpaired) electrons. The van der Waals surface area contributed by atoms with Gasteiger partial charge in [-0.3, -0.25) is 0 Å². The SMILES string of the molecule is CCN(CC)Cc1c[c-]ccc1.[Br-].[Mg+2]. The summed E-state index contributed by atoms with van der Waals surface area (Å²) >= 11 is 0. The molecule has 0 amide bonds. The van der Waals surface area contributed by atoms with Gasteiger partial charge in [0.15, 0.2) is 0 Å². The summed E-state index contributed by atoms with van der Waals surface area (Å²) in [6, 6.07) is 11.3. The van der Waals surface area contributed by atoms with Crippen molar-refractivity contribution in [2.75, 3.05) is 13.1 Å². The van der Waals surface area contributed by atoms with Gasteiger partial charge in [-0.1, -0.05) is 13.8 Å². The summed E-state index contributed by atoms with van der Waals surface area (Å²) in [6.45, 7) is 7.66. The molecule has 0 bridgehead atoms. The number of hydrogen-bond donors (Lipinski definition) is 0. The molecule has 1 aromatic carbocycles. The fraction of sp³-hybridized carbons (Fsp3) is 0.455. The largest absolute Gasteiger partial charge is 2.00 e. The Balaban J connectivity index is 0. The van der Waals surface area contributed by atoms with Crippen LogP contribution >= 0.6 is 0 Å². The molecule has 1 nitrogen and oxygen atoms in total. The van der Waals surface area contributed by atoms with E-state index in [1.54, 1.807) is 0 Å². The minimum absolute atomic E-state index is 0. The van der Waals surface area contributed by atoms with E-state index in [1.807, 2.05) is 12.1 Å². The maximum atomic E-state index is 3.09. The second-order valence-corrected chi connectivity index (χ2v) is 2.87. The fourth-order valence-electron chi connectivity index (χ4n) is 1.23. The van der Waals surface area contributed by atoms with Crippen molar-refractivity contribution < 1.29 is 17.0 Å². The Morgan fingerprint density at radius 2 is 1.93 bits per heavy atom. The van der Waals surface area contributed by atoms with Crippen LogP contribution in [0.1, 0.15) is 19.4 Å². The average Bonchev–Trinajstić information content (AvgIpc) is 2.16. The van der Waals surface area contributed by atoms with E-state index in [0.29, 0.717) is 0 Å². The van der Waals surface area contributed by atoms with Crippen molar-refractivity contribution in [2.45, 2.75) is 20.4 Å². The first-order valence-electron chi connectivity index (χ1n) is 4.54. The predicted octanol–water partition coefficient (Wildman–Crippen LogP) is -1.05. The number of benzene rings is 1. The minimum Gasteiger partial charge on any atom is -1.00 e. The molecule has 1 rings (SSSR count). The van der Waals surface area contributed by atoms with Crippen LogP contribution in [0.5, 0.6) is 0 Å². The third kappa shape index (κ3) is 6.01. The van der Waals surface area contributed by atoms with E-state index in [0.717, 1.165) is 19.6 Å². The number of rotatable bonds is 4. The molecule has 0 fully saturated rings. The summed E-state index contributed by atoms with van der Waals surface area (Å²) in [4.78, 5) is 2.39. The van der Waals surface area contributed by atoms with Gasteiger partial charge in [0.25, 0.3) is 0 Å². The zero-order valence-electron chi connectivity index (χ0n) is 8.96. The molecule has 74 valence electrons. The van der Waals surface area contributed by atoms with E-state index < -0.39 is 0 Å². The van der Waals surface area contributed by atoms with Crippen LogP contribution in [0.4, 0.5) is 0 Å². The summed E-state index contributed by atoms with van der Waals surface area (Å²) in [5, 5.41) is 0. The Kier molecular flexibility index (Phi) is 12.0. The normalized spacial score (nSPS) is 9.07. The van der Waals surface area contributed by atoms with Crippen molar-refractivity contribution in [2.24, 2.45) is 0 Å². The van der Waals surface area contributed by atoms with Gasteiger partial charge < -0.3 is 21.9 Å². The van der Waals surface area contributed by atoms with Gasteiger partial charge in [-0.2, -0.15) is 30.3 Å². The van der Waals surface area contributed by atoms with Crippen LogP contribution in [0.2, 0.25) is 0 Å². The maximum absolute atomic E-state index is 3.09. The van der Waals surface area contributed by atoms with Crippen LogP contribution < -0.4 is 17.0 Å². The zero-order chi connectivity index (χ0) is 8.81. The third-order valence-corrected chi connectivity index (χ3v) is 2.07. The van der Waals surface area contributed by atoms with Gasteiger partial charge in [0.1, 0.15) is 0 Å². The molecule has 3 heteroatoms. The molecule has 0 atom stereocenters. The number of nitrogens with zero attached hydrogens (tertiary/aromatic N) is 1. The Labute approximate surface area is 114 Å². The first-order chi connectivity index (χ1) is 5.86. The first-order valence-corrected chi connectivity index (χ1v) is 4.54. The molecule has 1 aromatic rings. The van der Waals surface area contributed by atoms with Crippen LogP contribution in [0.3, 0.4) is 0 Å². The monoisotopic (exact) mass is 265 g/mol. The Hall–Kier alpha value is 0.426. The van der Waals surface area contributed by atoms with Crippen molar-refractivity contribution in [1.29, 1.82) is 0 Å². The molecule has 0 saturated heterocycles. The minimum atomic E-state index is 0. The van der Waals surface area contributed by atoms with E-state index in [1.165, 1.54) is 5.56 Å². The molecule has 0 saturated carbocycles. The van der Waals surface area contributed by atoms with E-state index in [9.17, 15) is 0 Å². The summed E-state index contributed by atoms with van der Waals surface area (Å²) in [5.74, 6) is 0. The van der Waals surface area contributed by atoms with Gasteiger partial charge in [-0.25, -0.2) is 0 Å². The van der Waals surface area contributed by atoms with Crippen molar-refractivity contribution in [3.63, 3.8) is 0 Å². The molecular weight excluding hydrogens is 250 g/mol. The molecule has 14 heavy (non-hydrogen) atoms. The van der Waals surface area contributed by atoms with E-state index in [2.05, 4.69) is 36.9 Å². The summed E-state index contributed by atoms with van der Waals surface area (Å²) in [6.07, 6.45) is 0. The van der Waals surface area contributed by atoms with Gasteiger partial charge in [0.05, 0.1) is 0 Å². The summed E-state index contributed by atoms with van der Waals surface area (Å²) in [7, 11) is 0. The molecule has 0 aliphatic rings. The molecular formula is C11H16BrMgN. The van der Waals surface area contributed by atoms with Crippen molar-refractivity contribution in [3.05, 3.63) is 35.9 Å². The summed E-state index contributed by atoms with van der Waals surface area (Å²) < 4.78 is 0. The second kappa shape index (κ2) is 9.96. The van der Waals surface area contributed by atoms with Gasteiger partial charge in [0.2, 0.25) is 0 Å². The van der Waals surface area contributed by atoms with E-state index in [4.69, 9.17) is 0 Å². The zero-order valence-corrected chi connectivity index (χ0v) is 12.0. The number of halogens is 1. The first kappa shape index (κ1) is 16.8. The Bertz CT molecular complexity index is 212. The third-order valence-electron chi connectivity index (χ3n) is 2.07. The predicted molar refractivity (Wildman–Crippen MR) is 57.7 cm³/mol. The Morgan fingerprint density at radius 1 is 1.29 bits per heavy atom. The van der Waals surface area contributed by atoms with E-state index >= 15 is 0 Å². The van der Waals surface area contributed by atoms with Gasteiger partial charge in [-0.05, 0) is 19.6 Å². The molecule has 0 aliphatic carbocycles. The van der Waals surface area contributed by atoms with Crippen LogP contribution in [0.25, 0.3) is 0 Å². The Morgan fingerprint density at radius 3 is 2.36 bits per heavy atom. The second-order valence-electron chi connectivity index (χ2n) is 2.87. The van der Waals surface area contributed by atoms with Crippen LogP contribution in [-0.2, 0) is 6.54 Å². The van der Waals surface area contributed by atoms with Crippen molar-refractivity contribution >= 4 is 23.1 Å². The molecule has 0 unspecified atom stereocenters.